The Kier molecular flexibility index (Phi) is 8.38. The van der Waals surface area contributed by atoms with Crippen LogP contribution in [0.4, 0.5) is 0 Å². The normalized spacial score (nSPS) is 11.8. The van der Waals surface area contributed by atoms with Crippen molar-refractivity contribution in [3.05, 3.63) is 0 Å². The van der Waals surface area contributed by atoms with Crippen LogP contribution in [0.25, 0.3) is 0 Å². The van der Waals surface area contributed by atoms with Gasteiger partial charge in [0.15, 0.2) is 0 Å². The molecule has 0 saturated carbocycles. The highest BCUT2D eigenvalue weighted by Crippen LogP contribution is 1.92. The van der Waals surface area contributed by atoms with Gasteiger partial charge in [0.25, 0.3) is 0 Å². The standard InChI is InChI=1S/C5H12N2P2/c8-6-4-2-1-3-5-7-9/h4-5H,1-3,8-9H2/b6-4+,7-5+. The molecule has 0 aromatic heterocycles. The van der Waals surface area contributed by atoms with Crippen molar-refractivity contribution < 1.29 is 0 Å². The predicted molar refractivity (Wildman–Crippen MR) is 50.3 cm³/mol. The van der Waals surface area contributed by atoms with E-state index < -0.39 is 0 Å². The van der Waals surface area contributed by atoms with E-state index in [1.807, 2.05) is 12.4 Å². The summed E-state index contributed by atoms with van der Waals surface area (Å²) in [6.45, 7) is 0. The molecule has 0 radical (unpaired) electrons. The minimum Gasteiger partial charge on any atom is -0.280 e. The van der Waals surface area contributed by atoms with Crippen LogP contribution in [0, 0.1) is 0 Å². The summed E-state index contributed by atoms with van der Waals surface area (Å²) in [6, 6.07) is 0. The fraction of sp³-hybridized carbons (Fsp3) is 0.600. The highest BCUT2D eigenvalue weighted by atomic mass is 31.0. The number of unbranched alkanes of at least 4 members (excludes halogenated alkanes) is 2. The summed E-state index contributed by atoms with van der Waals surface area (Å²) >= 11 is 0. The number of hydrogen-bond acceptors (Lipinski definition) is 2. The van der Waals surface area contributed by atoms with Gasteiger partial charge in [-0.3, -0.25) is 9.53 Å². The second kappa shape index (κ2) is 8.20. The summed E-state index contributed by atoms with van der Waals surface area (Å²) < 4.78 is 7.55. The molecule has 0 N–H and O–H groups in total. The van der Waals surface area contributed by atoms with Crippen molar-refractivity contribution in [3.8, 4) is 0 Å². The van der Waals surface area contributed by atoms with E-state index >= 15 is 0 Å². The molecule has 0 aliphatic carbocycles. The number of hydrogen-bond donors (Lipinski definition) is 0. The minimum atomic E-state index is 1.04. The van der Waals surface area contributed by atoms with Crippen molar-refractivity contribution in [3.63, 3.8) is 0 Å². The first kappa shape index (κ1) is 9.20. The Hall–Kier alpha value is 0.200. The second-order valence-corrected chi connectivity index (χ2v) is 2.19. The number of nitrogens with zero attached hydrogens (tertiary/aromatic N) is 2. The molecular weight excluding hydrogens is 150 g/mol. The van der Waals surface area contributed by atoms with Crippen LogP contribution in [0.5, 0.6) is 0 Å². The van der Waals surface area contributed by atoms with Gasteiger partial charge in [-0.25, -0.2) is 0 Å². The zero-order chi connectivity index (χ0) is 6.95. The lowest BCUT2D eigenvalue weighted by atomic mass is 10.3. The average molecular weight is 162 g/mol. The van der Waals surface area contributed by atoms with Crippen molar-refractivity contribution in [2.75, 3.05) is 0 Å². The third kappa shape index (κ3) is 8.20. The molecule has 0 aromatic rings. The summed E-state index contributed by atoms with van der Waals surface area (Å²) in [5, 5.41) is 0. The molecule has 0 aromatic carbocycles. The smallest absolute Gasteiger partial charge is 0.00246 e. The predicted octanol–water partition coefficient (Wildman–Crippen LogP) is 1.88. The van der Waals surface area contributed by atoms with Crippen LogP contribution in [0.1, 0.15) is 19.3 Å². The highest BCUT2D eigenvalue weighted by Gasteiger charge is 1.78. The second-order valence-electron chi connectivity index (χ2n) is 1.59. The van der Waals surface area contributed by atoms with E-state index in [0.29, 0.717) is 0 Å². The van der Waals surface area contributed by atoms with Crippen LogP contribution >= 0.6 is 18.8 Å². The fourth-order valence-corrected chi connectivity index (χ4v) is 0.748. The largest absolute Gasteiger partial charge is 0.280 e. The highest BCUT2D eigenvalue weighted by molar-refractivity contribution is 7.15. The molecule has 0 fully saturated rings. The summed E-state index contributed by atoms with van der Waals surface area (Å²) in [5.41, 5.74) is 0. The Bertz CT molecular complexity index is 89.1. The molecule has 9 heavy (non-hydrogen) atoms. The molecule has 0 aliphatic heterocycles. The Balaban J connectivity index is 2.91. The van der Waals surface area contributed by atoms with Crippen molar-refractivity contribution in [2.45, 2.75) is 19.3 Å². The van der Waals surface area contributed by atoms with E-state index in [1.165, 1.54) is 0 Å². The average Bonchev–Trinajstić information content (AvgIpc) is 1.89. The van der Waals surface area contributed by atoms with Gasteiger partial charge in [-0.15, -0.1) is 0 Å². The summed E-state index contributed by atoms with van der Waals surface area (Å²) in [5.74, 6) is 0. The molecule has 4 heteroatoms. The third-order valence-corrected chi connectivity index (χ3v) is 1.30. The lowest BCUT2D eigenvalue weighted by Gasteiger charge is -1.85. The Morgan fingerprint density at radius 2 is 1.44 bits per heavy atom. The molecule has 0 aliphatic rings. The molecule has 0 saturated heterocycles. The first-order valence-corrected chi connectivity index (χ1v) is 3.88. The maximum atomic E-state index is 3.78. The molecule has 2 nitrogen and oxygen atoms in total. The van der Waals surface area contributed by atoms with Gasteiger partial charge in [-0.2, -0.15) is 0 Å². The number of rotatable bonds is 4. The van der Waals surface area contributed by atoms with Crippen LogP contribution in [-0.4, -0.2) is 12.4 Å². The lowest BCUT2D eigenvalue weighted by molar-refractivity contribution is 0.947. The SMILES string of the molecule is P/N=C/CCC/C=N/P. The van der Waals surface area contributed by atoms with Gasteiger partial charge in [0, 0.05) is 12.4 Å². The maximum absolute atomic E-state index is 3.78. The van der Waals surface area contributed by atoms with Gasteiger partial charge in [0.05, 0.1) is 0 Å². The van der Waals surface area contributed by atoms with E-state index in [2.05, 4.69) is 28.3 Å². The van der Waals surface area contributed by atoms with E-state index in [0.717, 1.165) is 19.3 Å². The zero-order valence-corrected chi connectivity index (χ0v) is 7.63. The monoisotopic (exact) mass is 162 g/mol. The van der Waals surface area contributed by atoms with E-state index in [4.69, 9.17) is 0 Å². The van der Waals surface area contributed by atoms with Gasteiger partial charge >= 0.3 is 0 Å². The Morgan fingerprint density at radius 1 is 1.00 bits per heavy atom. The van der Waals surface area contributed by atoms with Gasteiger partial charge in [0.2, 0.25) is 0 Å². The molecule has 2 unspecified atom stereocenters. The summed E-state index contributed by atoms with van der Waals surface area (Å²) in [7, 11) is 4.62. The van der Waals surface area contributed by atoms with Gasteiger partial charge in [0.1, 0.15) is 0 Å². The fourth-order valence-electron chi connectivity index (χ4n) is 0.449. The summed E-state index contributed by atoms with van der Waals surface area (Å²) in [4.78, 5) is 0. The Labute approximate surface area is 60.8 Å². The zero-order valence-electron chi connectivity index (χ0n) is 5.33. The first-order chi connectivity index (χ1) is 4.41. The molecule has 0 spiro atoms. The maximum Gasteiger partial charge on any atom is 0.00246 e. The van der Waals surface area contributed by atoms with Crippen LogP contribution < -0.4 is 0 Å². The van der Waals surface area contributed by atoms with E-state index in [9.17, 15) is 0 Å². The van der Waals surface area contributed by atoms with Crippen molar-refractivity contribution in [1.29, 1.82) is 0 Å². The third-order valence-electron chi connectivity index (χ3n) is 0.877. The van der Waals surface area contributed by atoms with Crippen molar-refractivity contribution >= 4 is 31.2 Å². The molecule has 0 rings (SSSR count). The quantitative estimate of drug-likeness (QED) is 0.342. The molecule has 2 atom stereocenters. The van der Waals surface area contributed by atoms with Gasteiger partial charge < -0.3 is 0 Å². The van der Waals surface area contributed by atoms with Crippen molar-refractivity contribution in [1.82, 2.24) is 0 Å². The Morgan fingerprint density at radius 3 is 1.78 bits per heavy atom. The van der Waals surface area contributed by atoms with Crippen LogP contribution in [0.3, 0.4) is 0 Å². The van der Waals surface area contributed by atoms with Crippen LogP contribution in [0.15, 0.2) is 9.53 Å². The van der Waals surface area contributed by atoms with E-state index in [-0.39, 0.29) is 0 Å². The van der Waals surface area contributed by atoms with Gasteiger partial charge in [-0.1, -0.05) is 0 Å². The van der Waals surface area contributed by atoms with Crippen molar-refractivity contribution in [2.24, 2.45) is 9.53 Å². The summed E-state index contributed by atoms with van der Waals surface area (Å²) in [6.07, 6.45) is 7.00. The lowest BCUT2D eigenvalue weighted by Crippen LogP contribution is -1.76. The van der Waals surface area contributed by atoms with Crippen LogP contribution in [-0.2, 0) is 0 Å². The molecule has 52 valence electrons. The topological polar surface area (TPSA) is 24.7 Å². The minimum absolute atomic E-state index is 1.04. The first-order valence-electron chi connectivity index (χ1n) is 2.85. The molecule has 0 amide bonds. The van der Waals surface area contributed by atoms with Gasteiger partial charge in [-0.05, 0) is 38.0 Å². The molecule has 0 bridgehead atoms. The van der Waals surface area contributed by atoms with Crippen LogP contribution in [0.2, 0.25) is 0 Å². The molecular formula is C5H12N2P2. The van der Waals surface area contributed by atoms with E-state index in [1.54, 1.807) is 0 Å². The molecule has 0 heterocycles.